The third-order valence-corrected chi connectivity index (χ3v) is 3.83. The van der Waals surface area contributed by atoms with Crippen molar-refractivity contribution in [3.8, 4) is 0 Å². The van der Waals surface area contributed by atoms with Crippen molar-refractivity contribution in [1.82, 2.24) is 10.2 Å². The number of rotatable bonds is 4. The fraction of sp³-hybridized carbons (Fsp3) is 0.0588. The molecule has 1 aromatic heterocycles. The van der Waals surface area contributed by atoms with E-state index in [-0.39, 0.29) is 5.69 Å². The standard InChI is InChI=1S/C17H12BrN3O4/c18-10-4-3-5-11(8-10)19-14(22)9-25-17(24)15-12-6-1-2-7-13(12)16(23)21-20-15/h1-8H,9H2,(H,19,22)(H,21,23). The lowest BCUT2D eigenvalue weighted by Gasteiger charge is -2.07. The Morgan fingerprint density at radius 2 is 1.88 bits per heavy atom. The van der Waals surface area contributed by atoms with Crippen molar-refractivity contribution in [2.24, 2.45) is 0 Å². The van der Waals surface area contributed by atoms with E-state index in [0.29, 0.717) is 16.5 Å². The van der Waals surface area contributed by atoms with Gasteiger partial charge in [-0.05, 0) is 24.3 Å². The molecule has 3 aromatic rings. The molecule has 2 aromatic carbocycles. The number of H-pyrrole nitrogens is 1. The number of aromatic amines is 1. The second-order valence-electron chi connectivity index (χ2n) is 5.08. The van der Waals surface area contributed by atoms with Crippen molar-refractivity contribution in [1.29, 1.82) is 0 Å². The van der Waals surface area contributed by atoms with Gasteiger partial charge in [0.25, 0.3) is 11.5 Å². The molecule has 2 N–H and O–H groups in total. The second-order valence-corrected chi connectivity index (χ2v) is 6.00. The zero-order valence-corrected chi connectivity index (χ0v) is 14.4. The second kappa shape index (κ2) is 7.27. The van der Waals surface area contributed by atoms with E-state index in [9.17, 15) is 14.4 Å². The summed E-state index contributed by atoms with van der Waals surface area (Å²) < 4.78 is 5.80. The van der Waals surface area contributed by atoms with E-state index < -0.39 is 24.0 Å². The molecule has 0 radical (unpaired) electrons. The van der Waals surface area contributed by atoms with Crippen LogP contribution in [0.4, 0.5) is 5.69 Å². The SMILES string of the molecule is O=C(COC(=O)c1n[nH]c(=O)c2ccccc12)Nc1cccc(Br)c1. The van der Waals surface area contributed by atoms with Crippen LogP contribution in [0.15, 0.2) is 57.8 Å². The monoisotopic (exact) mass is 401 g/mol. The number of amides is 1. The van der Waals surface area contributed by atoms with E-state index in [1.165, 1.54) is 0 Å². The summed E-state index contributed by atoms with van der Waals surface area (Å²) in [5, 5.41) is 9.27. The highest BCUT2D eigenvalue weighted by Gasteiger charge is 2.16. The van der Waals surface area contributed by atoms with Crippen molar-refractivity contribution in [2.75, 3.05) is 11.9 Å². The molecule has 25 heavy (non-hydrogen) atoms. The highest BCUT2D eigenvalue weighted by Crippen LogP contribution is 2.16. The van der Waals surface area contributed by atoms with Gasteiger partial charge in [0.15, 0.2) is 12.3 Å². The van der Waals surface area contributed by atoms with Gasteiger partial charge in [0, 0.05) is 15.5 Å². The Labute approximate surface area is 150 Å². The van der Waals surface area contributed by atoms with Crippen LogP contribution in [0.25, 0.3) is 10.8 Å². The number of benzene rings is 2. The Morgan fingerprint density at radius 3 is 2.64 bits per heavy atom. The molecule has 3 rings (SSSR count). The van der Waals surface area contributed by atoms with E-state index in [4.69, 9.17) is 4.74 Å². The number of nitrogens with one attached hydrogen (secondary N) is 2. The molecule has 0 spiro atoms. The molecule has 0 atom stereocenters. The summed E-state index contributed by atoms with van der Waals surface area (Å²) in [5.74, 6) is -1.28. The molecule has 126 valence electrons. The Bertz CT molecular complexity index is 1020. The molecule has 1 amide bonds. The number of fused-ring (bicyclic) bond motifs is 1. The van der Waals surface area contributed by atoms with Gasteiger partial charge < -0.3 is 10.1 Å². The van der Waals surface area contributed by atoms with Crippen LogP contribution >= 0.6 is 15.9 Å². The quantitative estimate of drug-likeness (QED) is 0.653. The topological polar surface area (TPSA) is 101 Å². The fourth-order valence-electron chi connectivity index (χ4n) is 2.23. The summed E-state index contributed by atoms with van der Waals surface area (Å²) >= 11 is 3.30. The summed E-state index contributed by atoms with van der Waals surface area (Å²) in [7, 11) is 0. The molecule has 0 aliphatic rings. The van der Waals surface area contributed by atoms with Gasteiger partial charge in [-0.2, -0.15) is 5.10 Å². The fourth-order valence-corrected chi connectivity index (χ4v) is 2.63. The van der Waals surface area contributed by atoms with Crippen molar-refractivity contribution >= 4 is 44.3 Å². The molecule has 1 heterocycles. The van der Waals surface area contributed by atoms with Crippen LogP contribution in [-0.2, 0) is 9.53 Å². The predicted octanol–water partition coefficient (Wildman–Crippen LogP) is 2.48. The molecule has 0 aliphatic carbocycles. The van der Waals surface area contributed by atoms with E-state index in [0.717, 1.165) is 4.47 Å². The zero-order chi connectivity index (χ0) is 17.8. The van der Waals surface area contributed by atoms with Gasteiger partial charge in [-0.3, -0.25) is 9.59 Å². The largest absolute Gasteiger partial charge is 0.451 e. The number of halogens is 1. The molecule has 0 aliphatic heterocycles. The van der Waals surface area contributed by atoms with Crippen LogP contribution < -0.4 is 10.9 Å². The highest BCUT2D eigenvalue weighted by atomic mass is 79.9. The number of aromatic nitrogens is 2. The first-order chi connectivity index (χ1) is 12.0. The van der Waals surface area contributed by atoms with Gasteiger partial charge in [-0.15, -0.1) is 0 Å². The van der Waals surface area contributed by atoms with Crippen LogP contribution in [0.3, 0.4) is 0 Å². The molecule has 7 nitrogen and oxygen atoms in total. The van der Waals surface area contributed by atoms with Gasteiger partial charge >= 0.3 is 5.97 Å². The number of nitrogens with zero attached hydrogens (tertiary/aromatic N) is 1. The number of anilines is 1. The van der Waals surface area contributed by atoms with Crippen LogP contribution in [0, 0.1) is 0 Å². The average Bonchev–Trinajstić information content (AvgIpc) is 2.60. The Hall–Kier alpha value is -3.00. The third-order valence-electron chi connectivity index (χ3n) is 3.33. The normalized spacial score (nSPS) is 10.4. The lowest BCUT2D eigenvalue weighted by atomic mass is 10.1. The number of hydrogen-bond donors (Lipinski definition) is 2. The minimum Gasteiger partial charge on any atom is -0.451 e. The smallest absolute Gasteiger partial charge is 0.359 e. The van der Waals surface area contributed by atoms with Gasteiger partial charge in [0.2, 0.25) is 0 Å². The van der Waals surface area contributed by atoms with Crippen molar-refractivity contribution in [3.05, 3.63) is 69.1 Å². The molecule has 8 heteroatoms. The summed E-state index contributed by atoms with van der Waals surface area (Å²) in [4.78, 5) is 35.8. The number of esters is 1. The predicted molar refractivity (Wildman–Crippen MR) is 95.4 cm³/mol. The lowest BCUT2D eigenvalue weighted by Crippen LogP contribution is -2.22. The van der Waals surface area contributed by atoms with Crippen LogP contribution in [-0.4, -0.2) is 28.7 Å². The third kappa shape index (κ3) is 3.92. The highest BCUT2D eigenvalue weighted by molar-refractivity contribution is 9.10. The number of carbonyl (C=O) groups excluding carboxylic acids is 2. The molecule has 0 saturated heterocycles. The molecule has 0 fully saturated rings. The summed E-state index contributed by atoms with van der Waals surface area (Å²) in [6.45, 7) is -0.472. The summed E-state index contributed by atoms with van der Waals surface area (Å²) in [6, 6.07) is 13.5. The number of hydrogen-bond acceptors (Lipinski definition) is 5. The summed E-state index contributed by atoms with van der Waals surface area (Å²) in [6.07, 6.45) is 0. The lowest BCUT2D eigenvalue weighted by molar-refractivity contribution is -0.119. The first-order valence-corrected chi connectivity index (χ1v) is 8.04. The van der Waals surface area contributed by atoms with Crippen molar-refractivity contribution < 1.29 is 14.3 Å². The van der Waals surface area contributed by atoms with Crippen molar-refractivity contribution in [2.45, 2.75) is 0 Å². The minimum atomic E-state index is -0.795. The van der Waals surface area contributed by atoms with E-state index in [1.807, 2.05) is 6.07 Å². The van der Waals surface area contributed by atoms with E-state index in [2.05, 4.69) is 31.4 Å². The molecular formula is C17H12BrN3O4. The van der Waals surface area contributed by atoms with Gasteiger partial charge in [0.1, 0.15) is 0 Å². The van der Waals surface area contributed by atoms with Crippen LogP contribution in [0.5, 0.6) is 0 Å². The average molecular weight is 402 g/mol. The maximum absolute atomic E-state index is 12.2. The molecule has 0 bridgehead atoms. The Balaban J connectivity index is 1.70. The first kappa shape index (κ1) is 16.8. The zero-order valence-electron chi connectivity index (χ0n) is 12.8. The molecule has 0 unspecified atom stereocenters. The Kier molecular flexibility index (Phi) is 4.90. The van der Waals surface area contributed by atoms with E-state index in [1.54, 1.807) is 42.5 Å². The molecule has 0 saturated carbocycles. The summed E-state index contributed by atoms with van der Waals surface area (Å²) in [5.41, 5.74) is 0.119. The van der Waals surface area contributed by atoms with Crippen LogP contribution in [0.1, 0.15) is 10.5 Å². The van der Waals surface area contributed by atoms with Crippen LogP contribution in [0.2, 0.25) is 0 Å². The number of carbonyl (C=O) groups is 2. The van der Waals surface area contributed by atoms with E-state index >= 15 is 0 Å². The maximum atomic E-state index is 12.2. The van der Waals surface area contributed by atoms with Gasteiger partial charge in [0.05, 0.1) is 5.39 Å². The van der Waals surface area contributed by atoms with Gasteiger partial charge in [-0.25, -0.2) is 9.89 Å². The Morgan fingerprint density at radius 1 is 1.12 bits per heavy atom. The minimum absolute atomic E-state index is 0.0505. The van der Waals surface area contributed by atoms with Gasteiger partial charge in [-0.1, -0.05) is 40.2 Å². The maximum Gasteiger partial charge on any atom is 0.359 e. The van der Waals surface area contributed by atoms with Crippen molar-refractivity contribution in [3.63, 3.8) is 0 Å². The molecular weight excluding hydrogens is 390 g/mol. The number of ether oxygens (including phenoxy) is 1. The first-order valence-electron chi connectivity index (χ1n) is 7.24.